The van der Waals surface area contributed by atoms with E-state index in [1.807, 2.05) is 0 Å². The van der Waals surface area contributed by atoms with E-state index in [2.05, 4.69) is 28.7 Å². The minimum atomic E-state index is -0.0422. The lowest BCUT2D eigenvalue weighted by Gasteiger charge is -2.37. The molecule has 1 aromatic rings. The summed E-state index contributed by atoms with van der Waals surface area (Å²) in [7, 11) is 0. The topological polar surface area (TPSA) is 49.2 Å². The number of piperidine rings is 1. The number of aliphatic hydroxyl groups excluding tert-OH is 1. The monoisotopic (exact) mass is 221 g/mol. The van der Waals surface area contributed by atoms with Gasteiger partial charge in [-0.1, -0.05) is 6.92 Å². The van der Waals surface area contributed by atoms with Gasteiger partial charge in [-0.15, -0.1) is 0 Å². The summed E-state index contributed by atoms with van der Waals surface area (Å²) in [6, 6.07) is 0.506. The molecule has 1 N–H and O–H groups in total. The molecule has 2 atom stereocenters. The number of aliphatic hydroxyl groups is 1. The van der Waals surface area contributed by atoms with Crippen LogP contribution in [0.25, 0.3) is 0 Å². The number of hydrogen-bond donors (Lipinski definition) is 1. The lowest BCUT2D eigenvalue weighted by atomic mass is 9.93. The fourth-order valence-electron chi connectivity index (χ4n) is 2.36. The highest BCUT2D eigenvalue weighted by atomic mass is 16.3. The van der Waals surface area contributed by atoms with Crippen LogP contribution < -0.4 is 4.90 Å². The number of nitrogens with zero attached hydrogens (tertiary/aromatic N) is 3. The number of aromatic nitrogens is 2. The van der Waals surface area contributed by atoms with Gasteiger partial charge >= 0.3 is 0 Å². The van der Waals surface area contributed by atoms with Crippen LogP contribution in [-0.2, 0) is 6.61 Å². The molecular formula is C12H19N3O. The maximum atomic E-state index is 9.05. The van der Waals surface area contributed by atoms with Gasteiger partial charge < -0.3 is 10.0 Å². The zero-order chi connectivity index (χ0) is 11.5. The normalized spacial score (nSPS) is 25.8. The van der Waals surface area contributed by atoms with Gasteiger partial charge in [-0.25, -0.2) is 4.98 Å². The molecule has 88 valence electrons. The fourth-order valence-corrected chi connectivity index (χ4v) is 2.36. The SMILES string of the molecule is CC1CCN(c2cncc(CO)n2)C(C)C1. The van der Waals surface area contributed by atoms with Crippen molar-refractivity contribution in [1.82, 2.24) is 9.97 Å². The maximum absolute atomic E-state index is 9.05. The predicted molar refractivity (Wildman–Crippen MR) is 63.2 cm³/mol. The summed E-state index contributed by atoms with van der Waals surface area (Å²) >= 11 is 0. The molecule has 1 aromatic heterocycles. The van der Waals surface area contributed by atoms with Crippen molar-refractivity contribution in [2.45, 2.75) is 39.3 Å². The molecule has 2 heterocycles. The predicted octanol–water partition coefficient (Wildman–Crippen LogP) is 1.59. The van der Waals surface area contributed by atoms with Crippen LogP contribution in [0.4, 0.5) is 5.82 Å². The Morgan fingerprint density at radius 1 is 1.44 bits per heavy atom. The molecule has 1 aliphatic rings. The molecule has 0 saturated carbocycles. The van der Waals surface area contributed by atoms with E-state index in [0.29, 0.717) is 11.7 Å². The molecular weight excluding hydrogens is 202 g/mol. The lowest BCUT2D eigenvalue weighted by molar-refractivity contribution is 0.276. The highest BCUT2D eigenvalue weighted by molar-refractivity contribution is 5.38. The van der Waals surface area contributed by atoms with Crippen LogP contribution in [0.2, 0.25) is 0 Å². The van der Waals surface area contributed by atoms with Crippen molar-refractivity contribution < 1.29 is 5.11 Å². The molecule has 4 heteroatoms. The summed E-state index contributed by atoms with van der Waals surface area (Å²) in [5.41, 5.74) is 0.642. The number of anilines is 1. The molecule has 1 fully saturated rings. The Morgan fingerprint density at radius 2 is 2.25 bits per heavy atom. The smallest absolute Gasteiger partial charge is 0.147 e. The summed E-state index contributed by atoms with van der Waals surface area (Å²) in [4.78, 5) is 10.8. The van der Waals surface area contributed by atoms with Crippen LogP contribution in [0.5, 0.6) is 0 Å². The van der Waals surface area contributed by atoms with Gasteiger partial charge in [0.1, 0.15) is 5.82 Å². The van der Waals surface area contributed by atoms with E-state index in [1.54, 1.807) is 12.4 Å². The molecule has 2 unspecified atom stereocenters. The lowest BCUT2D eigenvalue weighted by Crippen LogP contribution is -2.40. The molecule has 0 radical (unpaired) electrons. The van der Waals surface area contributed by atoms with Crippen LogP contribution >= 0.6 is 0 Å². The van der Waals surface area contributed by atoms with Gasteiger partial charge in [-0.05, 0) is 25.7 Å². The zero-order valence-electron chi connectivity index (χ0n) is 9.93. The molecule has 4 nitrogen and oxygen atoms in total. The Kier molecular flexibility index (Phi) is 3.39. The van der Waals surface area contributed by atoms with E-state index in [4.69, 9.17) is 5.11 Å². The minimum absolute atomic E-state index is 0.0422. The number of rotatable bonds is 2. The summed E-state index contributed by atoms with van der Waals surface area (Å²) in [5, 5.41) is 9.05. The molecule has 0 spiro atoms. The van der Waals surface area contributed by atoms with Crippen LogP contribution in [-0.4, -0.2) is 27.7 Å². The van der Waals surface area contributed by atoms with Gasteiger partial charge in [0.15, 0.2) is 0 Å². The van der Waals surface area contributed by atoms with Crippen LogP contribution in [0.15, 0.2) is 12.4 Å². The van der Waals surface area contributed by atoms with Crippen molar-refractivity contribution in [2.75, 3.05) is 11.4 Å². The summed E-state index contributed by atoms with van der Waals surface area (Å²) < 4.78 is 0. The molecule has 1 saturated heterocycles. The van der Waals surface area contributed by atoms with E-state index in [-0.39, 0.29) is 6.61 Å². The van der Waals surface area contributed by atoms with Gasteiger partial charge in [0.25, 0.3) is 0 Å². The maximum Gasteiger partial charge on any atom is 0.147 e. The second-order valence-corrected chi connectivity index (χ2v) is 4.70. The highest BCUT2D eigenvalue weighted by Crippen LogP contribution is 2.25. The van der Waals surface area contributed by atoms with Crippen molar-refractivity contribution in [3.63, 3.8) is 0 Å². The molecule has 0 amide bonds. The largest absolute Gasteiger partial charge is 0.390 e. The quantitative estimate of drug-likeness (QED) is 0.824. The van der Waals surface area contributed by atoms with E-state index >= 15 is 0 Å². The van der Waals surface area contributed by atoms with Crippen molar-refractivity contribution in [3.05, 3.63) is 18.1 Å². The first-order valence-corrected chi connectivity index (χ1v) is 5.89. The molecule has 0 aliphatic carbocycles. The Hall–Kier alpha value is -1.16. The van der Waals surface area contributed by atoms with Gasteiger partial charge in [-0.3, -0.25) is 4.98 Å². The first-order chi connectivity index (χ1) is 7.70. The third-order valence-electron chi connectivity index (χ3n) is 3.27. The minimum Gasteiger partial charge on any atom is -0.390 e. The fraction of sp³-hybridized carbons (Fsp3) is 0.667. The Bertz CT molecular complexity index is 356. The van der Waals surface area contributed by atoms with E-state index in [0.717, 1.165) is 18.3 Å². The van der Waals surface area contributed by atoms with Gasteiger partial charge in [0, 0.05) is 12.6 Å². The molecule has 0 bridgehead atoms. The van der Waals surface area contributed by atoms with Crippen molar-refractivity contribution in [1.29, 1.82) is 0 Å². The molecule has 1 aliphatic heterocycles. The Labute approximate surface area is 96.3 Å². The third kappa shape index (κ3) is 2.32. The summed E-state index contributed by atoms with van der Waals surface area (Å²) in [6.07, 6.45) is 5.80. The van der Waals surface area contributed by atoms with Crippen molar-refractivity contribution in [3.8, 4) is 0 Å². The molecule has 2 rings (SSSR count). The first kappa shape index (κ1) is 11.3. The van der Waals surface area contributed by atoms with E-state index < -0.39 is 0 Å². The Balaban J connectivity index is 2.16. The first-order valence-electron chi connectivity index (χ1n) is 5.89. The van der Waals surface area contributed by atoms with Crippen molar-refractivity contribution in [2.24, 2.45) is 5.92 Å². The van der Waals surface area contributed by atoms with Gasteiger partial charge in [0.2, 0.25) is 0 Å². The van der Waals surface area contributed by atoms with Crippen LogP contribution in [0.3, 0.4) is 0 Å². The van der Waals surface area contributed by atoms with Gasteiger partial charge in [-0.2, -0.15) is 0 Å². The average Bonchev–Trinajstić information content (AvgIpc) is 2.29. The highest BCUT2D eigenvalue weighted by Gasteiger charge is 2.23. The van der Waals surface area contributed by atoms with Crippen molar-refractivity contribution >= 4 is 5.82 Å². The number of hydrogen-bond acceptors (Lipinski definition) is 4. The van der Waals surface area contributed by atoms with Crippen LogP contribution in [0.1, 0.15) is 32.4 Å². The Morgan fingerprint density at radius 3 is 2.94 bits per heavy atom. The molecule has 0 aromatic carbocycles. The van der Waals surface area contributed by atoms with Crippen LogP contribution in [0, 0.1) is 5.92 Å². The summed E-state index contributed by atoms with van der Waals surface area (Å²) in [6.45, 7) is 5.51. The van der Waals surface area contributed by atoms with E-state index in [1.165, 1.54) is 12.8 Å². The second-order valence-electron chi connectivity index (χ2n) is 4.70. The average molecular weight is 221 g/mol. The zero-order valence-corrected chi connectivity index (χ0v) is 9.93. The third-order valence-corrected chi connectivity index (χ3v) is 3.27. The second kappa shape index (κ2) is 4.78. The summed E-state index contributed by atoms with van der Waals surface area (Å²) in [5.74, 6) is 1.69. The molecule has 16 heavy (non-hydrogen) atoms. The van der Waals surface area contributed by atoms with E-state index in [9.17, 15) is 0 Å². The standard InChI is InChI=1S/C12H19N3O/c1-9-3-4-15(10(2)5-9)12-7-13-6-11(8-16)14-12/h6-7,9-10,16H,3-5,8H2,1-2H3. The van der Waals surface area contributed by atoms with Gasteiger partial charge in [0.05, 0.1) is 24.7 Å².